The highest BCUT2D eigenvalue weighted by Crippen LogP contribution is 2.19. The number of rotatable bonds is 7. The summed E-state index contributed by atoms with van der Waals surface area (Å²) < 4.78 is 6.46. The molecule has 0 saturated carbocycles. The number of thiophene rings is 1. The van der Waals surface area contributed by atoms with E-state index < -0.39 is 0 Å². The Hall–Kier alpha value is -3.71. The van der Waals surface area contributed by atoms with Gasteiger partial charge in [0, 0.05) is 16.5 Å². The molecule has 4 aromatic rings. The molecular weight excluding hydrogens is 396 g/mol. The SMILES string of the molecule is COc1ccc(C=CC(=O)n2nc(-c3ccccc3)nc2NCc2cccs2)cc1. The van der Waals surface area contributed by atoms with Crippen molar-refractivity contribution in [3.05, 3.63) is 88.6 Å². The van der Waals surface area contributed by atoms with Crippen molar-refractivity contribution in [2.45, 2.75) is 6.54 Å². The zero-order valence-corrected chi connectivity index (χ0v) is 17.2. The second-order valence-corrected chi connectivity index (χ2v) is 7.45. The molecule has 1 N–H and O–H groups in total. The molecule has 0 saturated heterocycles. The number of carbonyl (C=O) groups excluding carboxylic acids is 1. The third-order valence-corrected chi connectivity index (χ3v) is 5.26. The number of methoxy groups -OCH3 is 1. The second-order valence-electron chi connectivity index (χ2n) is 6.41. The van der Waals surface area contributed by atoms with Gasteiger partial charge in [-0.25, -0.2) is 0 Å². The smallest absolute Gasteiger partial charge is 0.274 e. The Morgan fingerprint density at radius 2 is 1.90 bits per heavy atom. The number of anilines is 1. The number of ether oxygens (including phenoxy) is 1. The second kappa shape index (κ2) is 9.19. The average Bonchev–Trinajstić information content (AvgIpc) is 3.47. The average molecular weight is 417 g/mol. The Balaban J connectivity index is 1.59. The van der Waals surface area contributed by atoms with Gasteiger partial charge in [-0.1, -0.05) is 48.5 Å². The number of hydrogen-bond acceptors (Lipinski definition) is 6. The number of nitrogens with zero attached hydrogens (tertiary/aromatic N) is 3. The van der Waals surface area contributed by atoms with Gasteiger partial charge in [0.05, 0.1) is 13.7 Å². The summed E-state index contributed by atoms with van der Waals surface area (Å²) in [5, 5.41) is 9.69. The van der Waals surface area contributed by atoms with Gasteiger partial charge in [-0.15, -0.1) is 16.4 Å². The molecule has 0 atom stereocenters. The van der Waals surface area contributed by atoms with Gasteiger partial charge in [0.25, 0.3) is 5.91 Å². The molecule has 150 valence electrons. The number of allylic oxidation sites excluding steroid dienone is 1. The molecular formula is C23H20N4O2S. The predicted octanol–water partition coefficient (Wildman–Crippen LogP) is 4.98. The maximum atomic E-state index is 12.9. The van der Waals surface area contributed by atoms with Crippen molar-refractivity contribution in [2.75, 3.05) is 12.4 Å². The third-order valence-electron chi connectivity index (χ3n) is 4.38. The van der Waals surface area contributed by atoms with E-state index in [1.165, 1.54) is 10.8 Å². The lowest BCUT2D eigenvalue weighted by atomic mass is 10.2. The molecule has 2 aromatic heterocycles. The van der Waals surface area contributed by atoms with Crippen LogP contribution in [0.4, 0.5) is 5.95 Å². The summed E-state index contributed by atoms with van der Waals surface area (Å²) in [4.78, 5) is 18.6. The van der Waals surface area contributed by atoms with E-state index in [0.29, 0.717) is 18.3 Å². The highest BCUT2D eigenvalue weighted by Gasteiger charge is 2.15. The fraction of sp³-hybridized carbons (Fsp3) is 0.0870. The maximum absolute atomic E-state index is 12.9. The van der Waals surface area contributed by atoms with Gasteiger partial charge in [-0.3, -0.25) is 4.79 Å². The quantitative estimate of drug-likeness (QED) is 0.430. The molecule has 0 fully saturated rings. The van der Waals surface area contributed by atoms with Crippen LogP contribution in [0.25, 0.3) is 17.5 Å². The largest absolute Gasteiger partial charge is 0.497 e. The molecule has 6 nitrogen and oxygen atoms in total. The summed E-state index contributed by atoms with van der Waals surface area (Å²) in [6.07, 6.45) is 3.23. The summed E-state index contributed by atoms with van der Waals surface area (Å²) in [5.74, 6) is 1.39. The molecule has 0 aliphatic rings. The van der Waals surface area contributed by atoms with Gasteiger partial charge in [0.15, 0.2) is 5.82 Å². The normalized spacial score (nSPS) is 11.0. The van der Waals surface area contributed by atoms with E-state index in [2.05, 4.69) is 15.4 Å². The first kappa shape index (κ1) is 19.6. The van der Waals surface area contributed by atoms with Crippen LogP contribution in [0.3, 0.4) is 0 Å². The van der Waals surface area contributed by atoms with E-state index in [0.717, 1.165) is 21.8 Å². The van der Waals surface area contributed by atoms with Gasteiger partial charge in [-0.05, 0) is 35.2 Å². The molecule has 0 aliphatic carbocycles. The first-order chi connectivity index (χ1) is 14.7. The van der Waals surface area contributed by atoms with Crippen LogP contribution in [-0.4, -0.2) is 27.8 Å². The van der Waals surface area contributed by atoms with Crippen molar-refractivity contribution >= 4 is 29.3 Å². The van der Waals surface area contributed by atoms with Gasteiger partial charge in [-0.2, -0.15) is 9.67 Å². The van der Waals surface area contributed by atoms with Crippen molar-refractivity contribution < 1.29 is 9.53 Å². The number of nitrogens with one attached hydrogen (secondary N) is 1. The minimum Gasteiger partial charge on any atom is -0.497 e. The van der Waals surface area contributed by atoms with Gasteiger partial charge < -0.3 is 10.1 Å². The lowest BCUT2D eigenvalue weighted by molar-refractivity contribution is 0.0957. The lowest BCUT2D eigenvalue weighted by Crippen LogP contribution is -2.14. The first-order valence-corrected chi connectivity index (χ1v) is 10.3. The van der Waals surface area contributed by atoms with Gasteiger partial charge in [0.1, 0.15) is 5.75 Å². The molecule has 0 unspecified atom stereocenters. The van der Waals surface area contributed by atoms with Crippen molar-refractivity contribution in [1.29, 1.82) is 0 Å². The molecule has 4 rings (SSSR count). The van der Waals surface area contributed by atoms with Gasteiger partial charge >= 0.3 is 0 Å². The Morgan fingerprint density at radius 3 is 2.60 bits per heavy atom. The summed E-state index contributed by atoms with van der Waals surface area (Å²) in [6.45, 7) is 0.570. The standard InChI is InChI=1S/C23H20N4O2S/c1-29-19-12-9-17(10-13-19)11-14-21(28)27-23(24-16-20-8-5-15-30-20)25-22(26-27)18-6-3-2-4-7-18/h2-15H,16H2,1H3,(H,24,25,26). The first-order valence-electron chi connectivity index (χ1n) is 9.38. The summed E-state index contributed by atoms with van der Waals surface area (Å²) in [7, 11) is 1.62. The Labute approximate surface area is 178 Å². The zero-order valence-electron chi connectivity index (χ0n) is 16.4. The van der Waals surface area contributed by atoms with Crippen LogP contribution in [0.5, 0.6) is 5.75 Å². The highest BCUT2D eigenvalue weighted by atomic mass is 32.1. The highest BCUT2D eigenvalue weighted by molar-refractivity contribution is 7.09. The van der Waals surface area contributed by atoms with Crippen LogP contribution in [0.2, 0.25) is 0 Å². The molecule has 0 radical (unpaired) electrons. The maximum Gasteiger partial charge on any atom is 0.274 e. The Kier molecular flexibility index (Phi) is 6.01. The third kappa shape index (κ3) is 4.64. The zero-order chi connectivity index (χ0) is 20.8. The molecule has 0 spiro atoms. The van der Waals surface area contributed by atoms with Crippen molar-refractivity contribution in [3.8, 4) is 17.1 Å². The van der Waals surface area contributed by atoms with Crippen molar-refractivity contribution in [1.82, 2.24) is 14.8 Å². The predicted molar refractivity (Wildman–Crippen MR) is 120 cm³/mol. The monoisotopic (exact) mass is 416 g/mol. The lowest BCUT2D eigenvalue weighted by Gasteiger charge is -2.04. The van der Waals surface area contributed by atoms with Crippen LogP contribution in [0.1, 0.15) is 15.2 Å². The molecule has 2 aromatic carbocycles. The summed E-state index contributed by atoms with van der Waals surface area (Å²) in [6, 6.07) is 21.1. The topological polar surface area (TPSA) is 69.0 Å². The van der Waals surface area contributed by atoms with Crippen LogP contribution < -0.4 is 10.1 Å². The minimum absolute atomic E-state index is 0.283. The molecule has 7 heteroatoms. The molecule has 30 heavy (non-hydrogen) atoms. The van der Waals surface area contributed by atoms with Crippen LogP contribution in [0.15, 0.2) is 78.2 Å². The van der Waals surface area contributed by atoms with Crippen molar-refractivity contribution in [2.24, 2.45) is 0 Å². The van der Waals surface area contributed by atoms with E-state index in [9.17, 15) is 4.79 Å². The van der Waals surface area contributed by atoms with Crippen LogP contribution in [0, 0.1) is 0 Å². The van der Waals surface area contributed by atoms with Crippen LogP contribution >= 0.6 is 11.3 Å². The van der Waals surface area contributed by atoms with E-state index in [4.69, 9.17) is 4.74 Å². The van der Waals surface area contributed by atoms with E-state index in [-0.39, 0.29) is 5.91 Å². The number of aromatic nitrogens is 3. The molecule has 2 heterocycles. The number of hydrogen-bond donors (Lipinski definition) is 1. The number of benzene rings is 2. The van der Waals surface area contributed by atoms with Crippen LogP contribution in [-0.2, 0) is 6.54 Å². The van der Waals surface area contributed by atoms with E-state index >= 15 is 0 Å². The summed E-state index contributed by atoms with van der Waals surface area (Å²) >= 11 is 1.64. The Bertz CT molecular complexity index is 1130. The number of carbonyl (C=O) groups is 1. The molecule has 0 amide bonds. The van der Waals surface area contributed by atoms with E-state index in [1.807, 2.05) is 72.1 Å². The summed E-state index contributed by atoms with van der Waals surface area (Å²) in [5.41, 5.74) is 1.74. The molecule has 0 aliphatic heterocycles. The fourth-order valence-corrected chi connectivity index (χ4v) is 3.47. The minimum atomic E-state index is -0.283. The Morgan fingerprint density at radius 1 is 1.10 bits per heavy atom. The van der Waals surface area contributed by atoms with E-state index in [1.54, 1.807) is 24.5 Å². The molecule has 0 bridgehead atoms. The van der Waals surface area contributed by atoms with Gasteiger partial charge in [0.2, 0.25) is 5.95 Å². The van der Waals surface area contributed by atoms with Crippen molar-refractivity contribution in [3.63, 3.8) is 0 Å². The fourth-order valence-electron chi connectivity index (χ4n) is 2.82.